The Morgan fingerprint density at radius 2 is 1.05 bits per heavy atom. The van der Waals surface area contributed by atoms with Gasteiger partial charge in [0.25, 0.3) is 0 Å². The summed E-state index contributed by atoms with van der Waals surface area (Å²) < 4.78 is 98.7. The number of alkyl halides is 6. The lowest BCUT2D eigenvalue weighted by Crippen LogP contribution is -2.17. The number of pyridine rings is 2. The summed E-state index contributed by atoms with van der Waals surface area (Å²) in [6.45, 7) is 4.36. The second kappa shape index (κ2) is 25.1. The first-order valence-corrected chi connectivity index (χ1v) is 24.7. The summed E-state index contributed by atoms with van der Waals surface area (Å²) in [7, 11) is 0. The molecule has 2 aliphatic carbocycles. The minimum absolute atomic E-state index is 0.00562. The molecule has 0 unspecified atom stereocenters. The van der Waals surface area contributed by atoms with Gasteiger partial charge >= 0.3 is 24.3 Å². The third-order valence-corrected chi connectivity index (χ3v) is 12.7. The molecule has 76 heavy (non-hydrogen) atoms. The molecule has 400 valence electrons. The molecule has 0 amide bonds. The molecular formula is C56H56F6N6O8. The van der Waals surface area contributed by atoms with E-state index in [2.05, 4.69) is 32.3 Å². The van der Waals surface area contributed by atoms with Crippen LogP contribution in [0.3, 0.4) is 0 Å². The van der Waals surface area contributed by atoms with Crippen LogP contribution < -0.4 is 9.47 Å². The van der Waals surface area contributed by atoms with Gasteiger partial charge in [-0.1, -0.05) is 59.7 Å². The number of allylic oxidation sites excluding steroid dienone is 2. The highest BCUT2D eigenvalue weighted by Crippen LogP contribution is 2.38. The molecule has 20 heteroatoms. The van der Waals surface area contributed by atoms with Gasteiger partial charge in [-0.05, 0) is 130 Å². The zero-order valence-electron chi connectivity index (χ0n) is 42.0. The summed E-state index contributed by atoms with van der Waals surface area (Å²) in [4.78, 5) is 56.6. The van der Waals surface area contributed by atoms with Crippen molar-refractivity contribution < 1.29 is 64.8 Å². The number of aliphatic carboxylic acids is 1. The van der Waals surface area contributed by atoms with Crippen LogP contribution in [0.15, 0.2) is 109 Å². The van der Waals surface area contributed by atoms with Gasteiger partial charge in [-0.2, -0.15) is 36.5 Å². The number of aromatic nitrogens is 6. The summed E-state index contributed by atoms with van der Waals surface area (Å²) in [5, 5.41) is 15.6. The van der Waals surface area contributed by atoms with Crippen molar-refractivity contribution in [1.29, 1.82) is 0 Å². The summed E-state index contributed by atoms with van der Waals surface area (Å²) in [6, 6.07) is 22.7. The van der Waals surface area contributed by atoms with E-state index in [1.807, 2.05) is 80.6 Å². The van der Waals surface area contributed by atoms with Crippen molar-refractivity contribution in [2.24, 2.45) is 11.8 Å². The van der Waals surface area contributed by atoms with Crippen LogP contribution in [0.1, 0.15) is 125 Å². The van der Waals surface area contributed by atoms with E-state index in [4.69, 9.17) is 19.3 Å². The molecule has 0 atom stereocenters. The van der Waals surface area contributed by atoms with E-state index in [0.717, 1.165) is 65.0 Å². The van der Waals surface area contributed by atoms with E-state index in [9.17, 15) is 45.5 Å². The second-order valence-corrected chi connectivity index (χ2v) is 18.8. The molecule has 0 spiro atoms. The molecule has 4 heterocycles. The van der Waals surface area contributed by atoms with Crippen LogP contribution in [-0.2, 0) is 39.8 Å². The van der Waals surface area contributed by atoms with E-state index >= 15 is 0 Å². The highest BCUT2D eigenvalue weighted by molar-refractivity contribution is 5.98. The zero-order chi connectivity index (χ0) is 54.6. The lowest BCUT2D eigenvalue weighted by Gasteiger charge is -2.23. The van der Waals surface area contributed by atoms with Crippen molar-refractivity contribution in [1.82, 2.24) is 29.5 Å². The number of aryl methyl sites for hydroxylation is 2. The SMILES string of the molecule is CCOC(=O)Cn1cc(C(=O)CC2CCC(=Cc3cccc(Oc4ccc(C)cn4)c3)CC2)c(C(F)(F)F)n1.Cc1ccc(Oc2cccc(C=C3CCC(CC(=O)c4cn(CC(=O)O)nc4C(F)(F)F)CC3)c2)nc1. The van der Waals surface area contributed by atoms with Crippen molar-refractivity contribution >= 4 is 35.7 Å². The molecule has 1 N–H and O–H groups in total. The van der Waals surface area contributed by atoms with Gasteiger partial charge < -0.3 is 19.3 Å². The highest BCUT2D eigenvalue weighted by Gasteiger charge is 2.41. The monoisotopic (exact) mass is 1050 g/mol. The van der Waals surface area contributed by atoms with Gasteiger partial charge in [0, 0.05) is 49.8 Å². The van der Waals surface area contributed by atoms with Gasteiger partial charge in [-0.15, -0.1) is 0 Å². The highest BCUT2D eigenvalue weighted by atomic mass is 19.4. The predicted octanol–water partition coefficient (Wildman–Crippen LogP) is 13.1. The molecule has 6 aromatic rings. The van der Waals surface area contributed by atoms with E-state index in [0.29, 0.717) is 53.6 Å². The summed E-state index contributed by atoms with van der Waals surface area (Å²) in [6.07, 6.45) is 5.51. The first-order chi connectivity index (χ1) is 36.2. The van der Waals surface area contributed by atoms with E-state index < -0.39 is 71.5 Å². The number of halogens is 6. The minimum atomic E-state index is -4.84. The number of carbonyl (C=O) groups is 4. The van der Waals surface area contributed by atoms with Crippen molar-refractivity contribution in [3.63, 3.8) is 0 Å². The normalized spacial score (nSPS) is 15.8. The van der Waals surface area contributed by atoms with Gasteiger partial charge in [-0.3, -0.25) is 28.5 Å². The number of ether oxygens (including phenoxy) is 3. The number of rotatable bonds is 17. The van der Waals surface area contributed by atoms with Crippen LogP contribution in [0.5, 0.6) is 23.3 Å². The first kappa shape index (κ1) is 55.8. The third kappa shape index (κ3) is 16.3. The Bertz CT molecular complexity index is 3050. The van der Waals surface area contributed by atoms with Gasteiger partial charge in [0.05, 0.1) is 17.7 Å². The van der Waals surface area contributed by atoms with Crippen molar-refractivity contribution in [2.45, 2.75) is 110 Å². The van der Waals surface area contributed by atoms with Crippen LogP contribution in [0.2, 0.25) is 0 Å². The molecular weight excluding hydrogens is 999 g/mol. The van der Waals surface area contributed by atoms with Gasteiger partial charge in [0.1, 0.15) is 24.6 Å². The van der Waals surface area contributed by atoms with Crippen LogP contribution in [0, 0.1) is 25.7 Å². The Morgan fingerprint density at radius 1 is 0.632 bits per heavy atom. The molecule has 0 bridgehead atoms. The quantitative estimate of drug-likeness (QED) is 0.0520. The number of carboxylic acids is 1. The fraction of sp³-hybridized carbons (Fsp3) is 0.357. The molecule has 2 saturated carbocycles. The van der Waals surface area contributed by atoms with Crippen LogP contribution in [0.25, 0.3) is 12.2 Å². The fourth-order valence-corrected chi connectivity index (χ4v) is 8.92. The maximum Gasteiger partial charge on any atom is 0.435 e. The molecule has 14 nitrogen and oxygen atoms in total. The number of benzene rings is 2. The molecule has 2 aliphatic rings. The number of carbonyl (C=O) groups excluding carboxylic acids is 3. The summed E-state index contributed by atoms with van der Waals surface area (Å²) >= 11 is 0. The van der Waals surface area contributed by atoms with E-state index in [-0.39, 0.29) is 31.3 Å². The van der Waals surface area contributed by atoms with Crippen molar-refractivity contribution in [3.05, 3.63) is 153 Å². The number of hydrogen-bond donors (Lipinski definition) is 1. The average molecular weight is 1060 g/mol. The smallest absolute Gasteiger partial charge is 0.435 e. The largest absolute Gasteiger partial charge is 0.480 e. The fourth-order valence-electron chi connectivity index (χ4n) is 8.92. The Hall–Kier alpha value is -7.90. The maximum absolute atomic E-state index is 13.5. The Balaban J connectivity index is 0.000000221. The lowest BCUT2D eigenvalue weighted by atomic mass is 9.81. The molecule has 2 aromatic carbocycles. The maximum atomic E-state index is 13.5. The van der Waals surface area contributed by atoms with Crippen LogP contribution >= 0.6 is 0 Å². The molecule has 0 aliphatic heterocycles. The zero-order valence-corrected chi connectivity index (χ0v) is 42.0. The molecule has 8 rings (SSSR count). The number of ketones is 2. The first-order valence-electron chi connectivity index (χ1n) is 24.7. The third-order valence-electron chi connectivity index (χ3n) is 12.7. The molecule has 2 fully saturated rings. The van der Waals surface area contributed by atoms with Crippen LogP contribution in [0.4, 0.5) is 26.3 Å². The summed E-state index contributed by atoms with van der Waals surface area (Å²) in [5.41, 5.74) is 2.75. The van der Waals surface area contributed by atoms with Gasteiger partial charge in [0.2, 0.25) is 11.8 Å². The Morgan fingerprint density at radius 3 is 1.42 bits per heavy atom. The predicted molar refractivity (Wildman–Crippen MR) is 267 cm³/mol. The van der Waals surface area contributed by atoms with E-state index in [1.165, 1.54) is 11.1 Å². The van der Waals surface area contributed by atoms with Crippen molar-refractivity contribution in [2.75, 3.05) is 6.61 Å². The number of esters is 1. The number of carboxylic acid groups (broad SMARTS) is 1. The number of Topliss-reactive ketones (excluding diaryl/α,β-unsaturated/α-hetero) is 2. The number of nitrogens with zero attached hydrogens (tertiary/aromatic N) is 6. The molecule has 0 radical (unpaired) electrons. The Kier molecular flexibility index (Phi) is 18.4. The van der Waals surface area contributed by atoms with Crippen molar-refractivity contribution in [3.8, 4) is 23.3 Å². The summed E-state index contributed by atoms with van der Waals surface area (Å²) in [5.74, 6) is -1.10. The second-order valence-electron chi connectivity index (χ2n) is 18.8. The van der Waals surface area contributed by atoms with Crippen LogP contribution in [-0.4, -0.2) is 64.7 Å². The molecule has 0 saturated heterocycles. The van der Waals surface area contributed by atoms with Gasteiger partial charge in [-0.25, -0.2) is 9.97 Å². The van der Waals surface area contributed by atoms with Gasteiger partial charge in [0.15, 0.2) is 23.0 Å². The number of hydrogen-bond acceptors (Lipinski definition) is 11. The van der Waals surface area contributed by atoms with E-state index in [1.54, 1.807) is 25.4 Å². The minimum Gasteiger partial charge on any atom is -0.480 e. The molecule has 4 aromatic heterocycles. The standard InChI is InChI=1S/C29H30F3N3O4.C27H26F3N3O4/c1-3-38-27(37)18-35-17-24(28(34-35)29(30,31)32)25(36)15-21-10-8-20(9-11-21)13-22-5-4-6-23(14-22)39-26-12-7-19(2)16-33-26;1-17-5-10-24(31-14-17)37-21-4-2-3-20(12-21)11-18-6-8-19(9-7-18)13-23(34)22-15-33(16-25(35)36)32-26(22)27(28,29)30/h4-7,12-14,16-17,21H,3,8-11,15,18H2,1-2H3;2-5,10-12,14-15,19H,6-9,13,16H2,1H3,(H,35,36). The Labute approximate surface area is 434 Å². The lowest BCUT2D eigenvalue weighted by molar-refractivity contribution is -0.146. The topological polar surface area (TPSA) is 178 Å². The average Bonchev–Trinajstić information content (AvgIpc) is 4.01.